The molecule has 1 aromatic rings. The van der Waals surface area contributed by atoms with E-state index in [1.54, 1.807) is 0 Å². The third-order valence-corrected chi connectivity index (χ3v) is 5.12. The molecule has 1 aromatic carbocycles. The first kappa shape index (κ1) is 24.6. The Hall–Kier alpha value is -1.39. The molecule has 0 saturated carbocycles. The summed E-state index contributed by atoms with van der Waals surface area (Å²) in [6.07, 6.45) is 12.3. The number of methoxy groups -OCH3 is 1. The first-order valence-electron chi connectivity index (χ1n) is 11.1. The van der Waals surface area contributed by atoms with E-state index in [-0.39, 0.29) is 18.5 Å². The topological polar surface area (TPSA) is 55.8 Å². The SMILES string of the molecule is CCCCCCCCCCC[C@@H](C[C@H](O)CC(=O)OC)OCc1ccccc1. The summed E-state index contributed by atoms with van der Waals surface area (Å²) in [5.41, 5.74) is 1.13. The molecule has 0 radical (unpaired) electrons. The monoisotopic (exact) mass is 392 g/mol. The van der Waals surface area contributed by atoms with Gasteiger partial charge in [-0.2, -0.15) is 0 Å². The normalized spacial score (nSPS) is 13.2. The van der Waals surface area contributed by atoms with Crippen LogP contribution in [0.25, 0.3) is 0 Å². The Morgan fingerprint density at radius 1 is 0.964 bits per heavy atom. The largest absolute Gasteiger partial charge is 0.469 e. The summed E-state index contributed by atoms with van der Waals surface area (Å²) < 4.78 is 10.7. The third-order valence-electron chi connectivity index (χ3n) is 5.12. The second kappa shape index (κ2) is 16.6. The minimum absolute atomic E-state index is 0.0272. The number of aliphatic hydroxyl groups is 1. The number of carbonyl (C=O) groups is 1. The Labute approximate surface area is 171 Å². The van der Waals surface area contributed by atoms with Crippen LogP contribution in [-0.2, 0) is 20.9 Å². The van der Waals surface area contributed by atoms with Crippen LogP contribution in [0.4, 0.5) is 0 Å². The molecule has 0 heterocycles. The zero-order valence-electron chi connectivity index (χ0n) is 17.9. The Bertz CT molecular complexity index is 489. The molecule has 28 heavy (non-hydrogen) atoms. The molecule has 0 aliphatic carbocycles. The van der Waals surface area contributed by atoms with Gasteiger partial charge in [-0.05, 0) is 12.0 Å². The van der Waals surface area contributed by atoms with Crippen molar-refractivity contribution in [3.63, 3.8) is 0 Å². The van der Waals surface area contributed by atoms with Gasteiger partial charge < -0.3 is 14.6 Å². The summed E-state index contributed by atoms with van der Waals surface area (Å²) in [7, 11) is 1.35. The average Bonchev–Trinajstić information content (AvgIpc) is 2.71. The van der Waals surface area contributed by atoms with Gasteiger partial charge in [0.2, 0.25) is 0 Å². The van der Waals surface area contributed by atoms with Crippen LogP contribution < -0.4 is 0 Å². The molecule has 0 spiro atoms. The number of esters is 1. The van der Waals surface area contributed by atoms with Crippen molar-refractivity contribution in [1.82, 2.24) is 0 Å². The highest BCUT2D eigenvalue weighted by molar-refractivity contribution is 5.69. The van der Waals surface area contributed by atoms with Crippen molar-refractivity contribution in [3.05, 3.63) is 35.9 Å². The lowest BCUT2D eigenvalue weighted by atomic mass is 10.0. The maximum Gasteiger partial charge on any atom is 0.308 e. The Balaban J connectivity index is 2.30. The van der Waals surface area contributed by atoms with E-state index in [1.165, 1.54) is 58.5 Å². The average molecular weight is 393 g/mol. The number of carbonyl (C=O) groups excluding carboxylic acids is 1. The summed E-state index contributed by atoms with van der Waals surface area (Å²) >= 11 is 0. The maximum atomic E-state index is 11.4. The van der Waals surface area contributed by atoms with Crippen molar-refractivity contribution in [2.24, 2.45) is 0 Å². The highest BCUT2D eigenvalue weighted by Gasteiger charge is 2.18. The summed E-state index contributed by atoms with van der Waals surface area (Å²) in [4.78, 5) is 11.4. The molecular formula is C24H40O4. The number of ether oxygens (including phenoxy) is 2. The van der Waals surface area contributed by atoms with Crippen LogP contribution >= 0.6 is 0 Å². The van der Waals surface area contributed by atoms with E-state index in [4.69, 9.17) is 4.74 Å². The fraction of sp³-hybridized carbons (Fsp3) is 0.708. The minimum Gasteiger partial charge on any atom is -0.469 e. The molecule has 4 heteroatoms. The lowest BCUT2D eigenvalue weighted by molar-refractivity contribution is -0.143. The van der Waals surface area contributed by atoms with Gasteiger partial charge in [0.05, 0.1) is 32.3 Å². The number of unbranched alkanes of at least 4 members (excludes halogenated alkanes) is 8. The highest BCUT2D eigenvalue weighted by Crippen LogP contribution is 2.18. The van der Waals surface area contributed by atoms with Gasteiger partial charge in [0.25, 0.3) is 0 Å². The van der Waals surface area contributed by atoms with E-state index in [0.717, 1.165) is 18.4 Å². The van der Waals surface area contributed by atoms with E-state index in [0.29, 0.717) is 13.0 Å². The molecule has 0 bridgehead atoms. The molecule has 160 valence electrons. The maximum absolute atomic E-state index is 11.4. The zero-order valence-corrected chi connectivity index (χ0v) is 17.9. The number of rotatable bonds is 17. The third kappa shape index (κ3) is 12.9. The Morgan fingerprint density at radius 2 is 1.57 bits per heavy atom. The van der Waals surface area contributed by atoms with Crippen molar-refractivity contribution in [2.75, 3.05) is 7.11 Å². The van der Waals surface area contributed by atoms with Gasteiger partial charge in [0, 0.05) is 6.42 Å². The van der Waals surface area contributed by atoms with E-state index in [2.05, 4.69) is 11.7 Å². The van der Waals surface area contributed by atoms with Crippen molar-refractivity contribution >= 4 is 5.97 Å². The second-order valence-corrected chi connectivity index (χ2v) is 7.71. The smallest absolute Gasteiger partial charge is 0.308 e. The van der Waals surface area contributed by atoms with Crippen LogP contribution in [0.1, 0.15) is 89.5 Å². The molecular weight excluding hydrogens is 352 g/mol. The van der Waals surface area contributed by atoms with Crippen LogP contribution in [0.15, 0.2) is 30.3 Å². The lowest BCUT2D eigenvalue weighted by Crippen LogP contribution is -2.23. The fourth-order valence-electron chi connectivity index (χ4n) is 3.40. The second-order valence-electron chi connectivity index (χ2n) is 7.71. The van der Waals surface area contributed by atoms with E-state index < -0.39 is 6.10 Å². The van der Waals surface area contributed by atoms with Crippen LogP contribution in [0.2, 0.25) is 0 Å². The van der Waals surface area contributed by atoms with Crippen LogP contribution in [0, 0.1) is 0 Å². The fourth-order valence-corrected chi connectivity index (χ4v) is 3.40. The van der Waals surface area contributed by atoms with Crippen LogP contribution in [0.3, 0.4) is 0 Å². The summed E-state index contributed by atoms with van der Waals surface area (Å²) in [6, 6.07) is 10.1. The summed E-state index contributed by atoms with van der Waals surface area (Å²) in [5, 5.41) is 10.2. The molecule has 0 saturated heterocycles. The molecule has 0 unspecified atom stereocenters. The molecule has 1 rings (SSSR count). The number of hydrogen-bond donors (Lipinski definition) is 1. The van der Waals surface area contributed by atoms with Crippen LogP contribution in [-0.4, -0.2) is 30.4 Å². The number of aliphatic hydroxyl groups excluding tert-OH is 1. The van der Waals surface area contributed by atoms with E-state index in [9.17, 15) is 9.90 Å². The first-order chi connectivity index (χ1) is 13.7. The minimum atomic E-state index is -0.716. The zero-order chi connectivity index (χ0) is 20.5. The van der Waals surface area contributed by atoms with Crippen molar-refractivity contribution in [2.45, 2.75) is 103 Å². The molecule has 1 N–H and O–H groups in total. The van der Waals surface area contributed by atoms with Gasteiger partial charge in [-0.15, -0.1) is 0 Å². The molecule has 0 fully saturated rings. The molecule has 4 nitrogen and oxygen atoms in total. The molecule has 0 aromatic heterocycles. The quantitative estimate of drug-likeness (QED) is 0.269. The van der Waals surface area contributed by atoms with Crippen molar-refractivity contribution in [1.29, 1.82) is 0 Å². The summed E-state index contributed by atoms with van der Waals surface area (Å²) in [6.45, 7) is 2.78. The molecule has 2 atom stereocenters. The summed E-state index contributed by atoms with van der Waals surface area (Å²) in [5.74, 6) is -0.377. The highest BCUT2D eigenvalue weighted by atomic mass is 16.5. The Kier molecular flexibility index (Phi) is 14.6. The standard InChI is InChI=1S/C24H40O4/c1-3-4-5-6-7-8-9-10-14-17-23(18-22(25)19-24(26)27-2)28-20-21-15-12-11-13-16-21/h11-13,15-16,22-23,25H,3-10,14,17-20H2,1-2H3/t22-,23-/m0/s1. The van der Waals surface area contributed by atoms with Gasteiger partial charge in [0.1, 0.15) is 0 Å². The first-order valence-corrected chi connectivity index (χ1v) is 11.1. The van der Waals surface area contributed by atoms with Crippen LogP contribution in [0.5, 0.6) is 0 Å². The van der Waals surface area contributed by atoms with Crippen molar-refractivity contribution < 1.29 is 19.4 Å². The van der Waals surface area contributed by atoms with Gasteiger partial charge >= 0.3 is 5.97 Å². The van der Waals surface area contributed by atoms with Gasteiger partial charge in [-0.25, -0.2) is 0 Å². The number of hydrogen-bond acceptors (Lipinski definition) is 4. The Morgan fingerprint density at radius 3 is 2.18 bits per heavy atom. The van der Waals surface area contributed by atoms with Gasteiger partial charge in [0.15, 0.2) is 0 Å². The van der Waals surface area contributed by atoms with Gasteiger partial charge in [-0.1, -0.05) is 95.0 Å². The number of benzene rings is 1. The predicted molar refractivity (Wildman–Crippen MR) is 114 cm³/mol. The van der Waals surface area contributed by atoms with Crippen molar-refractivity contribution in [3.8, 4) is 0 Å². The van der Waals surface area contributed by atoms with E-state index in [1.807, 2.05) is 30.3 Å². The predicted octanol–water partition coefficient (Wildman–Crippen LogP) is 5.81. The lowest BCUT2D eigenvalue weighted by Gasteiger charge is -2.21. The molecule has 0 amide bonds. The molecule has 0 aliphatic heterocycles. The molecule has 0 aliphatic rings. The van der Waals surface area contributed by atoms with Gasteiger partial charge in [-0.3, -0.25) is 4.79 Å². The van der Waals surface area contributed by atoms with E-state index >= 15 is 0 Å².